The highest BCUT2D eigenvalue weighted by atomic mass is 16.7. The SMILES string of the molecule is CCCCO[C@H]1C[C@@H](C)[C@@H](O)[C@@H](CC)O1. The molecule has 0 radical (unpaired) electrons. The second-order valence-electron chi connectivity index (χ2n) is 4.44. The molecule has 0 saturated carbocycles. The van der Waals surface area contributed by atoms with Crippen LogP contribution in [0.25, 0.3) is 0 Å². The lowest BCUT2D eigenvalue weighted by molar-refractivity contribution is -0.237. The summed E-state index contributed by atoms with van der Waals surface area (Å²) in [5, 5.41) is 9.85. The first-order chi connectivity index (χ1) is 7.19. The van der Waals surface area contributed by atoms with Gasteiger partial charge in [-0.3, -0.25) is 0 Å². The molecule has 1 N–H and O–H groups in total. The van der Waals surface area contributed by atoms with Crippen molar-refractivity contribution in [3.63, 3.8) is 0 Å². The first-order valence-corrected chi connectivity index (χ1v) is 6.14. The highest BCUT2D eigenvalue weighted by molar-refractivity contribution is 4.79. The van der Waals surface area contributed by atoms with Crippen LogP contribution in [0.15, 0.2) is 0 Å². The molecule has 1 heterocycles. The fraction of sp³-hybridized carbons (Fsp3) is 1.00. The summed E-state index contributed by atoms with van der Waals surface area (Å²) in [6.45, 7) is 7.01. The lowest BCUT2D eigenvalue weighted by Crippen LogP contribution is -2.44. The molecule has 0 aromatic carbocycles. The second-order valence-corrected chi connectivity index (χ2v) is 4.44. The van der Waals surface area contributed by atoms with Gasteiger partial charge in [-0.05, 0) is 18.8 Å². The van der Waals surface area contributed by atoms with E-state index in [9.17, 15) is 5.11 Å². The largest absolute Gasteiger partial charge is 0.390 e. The van der Waals surface area contributed by atoms with Crippen LogP contribution >= 0.6 is 0 Å². The molecule has 1 aliphatic rings. The monoisotopic (exact) mass is 216 g/mol. The van der Waals surface area contributed by atoms with Gasteiger partial charge < -0.3 is 14.6 Å². The maximum Gasteiger partial charge on any atom is 0.158 e. The Kier molecular flexibility index (Phi) is 5.58. The van der Waals surface area contributed by atoms with Crippen LogP contribution in [0.2, 0.25) is 0 Å². The van der Waals surface area contributed by atoms with Gasteiger partial charge in [0.2, 0.25) is 0 Å². The van der Waals surface area contributed by atoms with Gasteiger partial charge in [-0.15, -0.1) is 0 Å². The Balaban J connectivity index is 2.34. The molecule has 3 heteroatoms. The van der Waals surface area contributed by atoms with E-state index in [1.54, 1.807) is 0 Å². The van der Waals surface area contributed by atoms with E-state index in [1.807, 2.05) is 6.92 Å². The molecule has 0 amide bonds. The molecular weight excluding hydrogens is 192 g/mol. The fourth-order valence-electron chi connectivity index (χ4n) is 1.94. The normalized spacial score (nSPS) is 36.8. The van der Waals surface area contributed by atoms with Crippen LogP contribution in [0.3, 0.4) is 0 Å². The smallest absolute Gasteiger partial charge is 0.158 e. The number of aliphatic hydroxyl groups excluding tert-OH is 1. The Morgan fingerprint density at radius 1 is 1.40 bits per heavy atom. The van der Waals surface area contributed by atoms with Crippen LogP contribution < -0.4 is 0 Å². The van der Waals surface area contributed by atoms with E-state index in [0.717, 1.165) is 32.3 Å². The van der Waals surface area contributed by atoms with Crippen LogP contribution in [0, 0.1) is 5.92 Å². The quantitative estimate of drug-likeness (QED) is 0.717. The van der Waals surface area contributed by atoms with Gasteiger partial charge in [-0.25, -0.2) is 0 Å². The molecule has 1 rings (SSSR count). The number of rotatable bonds is 5. The van der Waals surface area contributed by atoms with Crippen molar-refractivity contribution in [3.8, 4) is 0 Å². The van der Waals surface area contributed by atoms with Gasteiger partial charge in [0.1, 0.15) is 0 Å². The third kappa shape index (κ3) is 3.74. The molecule has 15 heavy (non-hydrogen) atoms. The summed E-state index contributed by atoms with van der Waals surface area (Å²) in [4.78, 5) is 0. The molecule has 4 atom stereocenters. The van der Waals surface area contributed by atoms with Crippen LogP contribution in [-0.4, -0.2) is 30.2 Å². The Morgan fingerprint density at radius 2 is 2.13 bits per heavy atom. The molecular formula is C12H24O3. The lowest BCUT2D eigenvalue weighted by Gasteiger charge is -2.37. The van der Waals surface area contributed by atoms with Crippen LogP contribution in [-0.2, 0) is 9.47 Å². The summed E-state index contributed by atoms with van der Waals surface area (Å²) >= 11 is 0. The number of unbranched alkanes of at least 4 members (excludes halogenated alkanes) is 1. The van der Waals surface area contributed by atoms with Crippen molar-refractivity contribution in [2.75, 3.05) is 6.61 Å². The first kappa shape index (κ1) is 12.9. The highest BCUT2D eigenvalue weighted by Gasteiger charge is 2.34. The summed E-state index contributed by atoms with van der Waals surface area (Å²) in [6, 6.07) is 0. The summed E-state index contributed by atoms with van der Waals surface area (Å²) in [5.41, 5.74) is 0. The van der Waals surface area contributed by atoms with E-state index in [-0.39, 0.29) is 24.4 Å². The topological polar surface area (TPSA) is 38.7 Å². The molecule has 90 valence electrons. The minimum absolute atomic E-state index is 0.0552. The third-order valence-corrected chi connectivity index (χ3v) is 3.06. The van der Waals surface area contributed by atoms with E-state index in [4.69, 9.17) is 9.47 Å². The Hall–Kier alpha value is -0.120. The van der Waals surface area contributed by atoms with E-state index < -0.39 is 0 Å². The van der Waals surface area contributed by atoms with Crippen molar-refractivity contribution in [1.82, 2.24) is 0 Å². The molecule has 1 aliphatic heterocycles. The zero-order chi connectivity index (χ0) is 11.3. The Morgan fingerprint density at radius 3 is 2.73 bits per heavy atom. The van der Waals surface area contributed by atoms with E-state index in [2.05, 4.69) is 13.8 Å². The molecule has 0 spiro atoms. The fourth-order valence-corrected chi connectivity index (χ4v) is 1.94. The molecule has 3 nitrogen and oxygen atoms in total. The Bertz CT molecular complexity index is 172. The first-order valence-electron chi connectivity index (χ1n) is 6.14. The summed E-state index contributed by atoms with van der Waals surface area (Å²) in [6.07, 6.45) is 3.37. The van der Waals surface area contributed by atoms with E-state index >= 15 is 0 Å². The maximum absolute atomic E-state index is 9.85. The number of hydrogen-bond donors (Lipinski definition) is 1. The predicted molar refractivity (Wildman–Crippen MR) is 59.6 cm³/mol. The van der Waals surface area contributed by atoms with Gasteiger partial charge in [-0.1, -0.05) is 27.2 Å². The van der Waals surface area contributed by atoms with Crippen molar-refractivity contribution in [1.29, 1.82) is 0 Å². The molecule has 0 aromatic rings. The van der Waals surface area contributed by atoms with Gasteiger partial charge in [0.25, 0.3) is 0 Å². The molecule has 0 unspecified atom stereocenters. The lowest BCUT2D eigenvalue weighted by atomic mass is 9.92. The van der Waals surface area contributed by atoms with Crippen molar-refractivity contribution < 1.29 is 14.6 Å². The molecule has 0 bridgehead atoms. The maximum atomic E-state index is 9.85. The molecule has 1 saturated heterocycles. The van der Waals surface area contributed by atoms with E-state index in [0.29, 0.717) is 0 Å². The van der Waals surface area contributed by atoms with Gasteiger partial charge in [0.15, 0.2) is 6.29 Å². The minimum atomic E-state index is -0.332. The predicted octanol–water partition coefficient (Wildman–Crippen LogP) is 2.33. The van der Waals surface area contributed by atoms with Crippen LogP contribution in [0.5, 0.6) is 0 Å². The van der Waals surface area contributed by atoms with Gasteiger partial charge in [0, 0.05) is 13.0 Å². The van der Waals surface area contributed by atoms with Crippen molar-refractivity contribution in [3.05, 3.63) is 0 Å². The van der Waals surface area contributed by atoms with Gasteiger partial charge in [0.05, 0.1) is 12.2 Å². The van der Waals surface area contributed by atoms with Gasteiger partial charge >= 0.3 is 0 Å². The number of aliphatic hydroxyl groups is 1. The number of hydrogen-bond acceptors (Lipinski definition) is 3. The van der Waals surface area contributed by atoms with Crippen molar-refractivity contribution in [2.24, 2.45) is 5.92 Å². The highest BCUT2D eigenvalue weighted by Crippen LogP contribution is 2.27. The average Bonchev–Trinajstić information content (AvgIpc) is 2.23. The molecule has 0 aromatic heterocycles. The summed E-state index contributed by atoms with van der Waals surface area (Å²) in [7, 11) is 0. The summed E-state index contributed by atoms with van der Waals surface area (Å²) < 4.78 is 11.3. The third-order valence-electron chi connectivity index (χ3n) is 3.06. The second kappa shape index (κ2) is 6.46. The minimum Gasteiger partial charge on any atom is -0.390 e. The number of ether oxygens (including phenoxy) is 2. The average molecular weight is 216 g/mol. The van der Waals surface area contributed by atoms with Crippen molar-refractivity contribution in [2.45, 2.75) is 65.0 Å². The zero-order valence-corrected chi connectivity index (χ0v) is 10.1. The Labute approximate surface area is 92.8 Å². The zero-order valence-electron chi connectivity index (χ0n) is 10.1. The summed E-state index contributed by atoms with van der Waals surface area (Å²) in [5.74, 6) is 0.273. The van der Waals surface area contributed by atoms with E-state index in [1.165, 1.54) is 0 Å². The molecule has 1 fully saturated rings. The van der Waals surface area contributed by atoms with Crippen molar-refractivity contribution >= 4 is 0 Å². The van der Waals surface area contributed by atoms with Crippen LogP contribution in [0.4, 0.5) is 0 Å². The van der Waals surface area contributed by atoms with Crippen LogP contribution in [0.1, 0.15) is 46.5 Å². The van der Waals surface area contributed by atoms with Gasteiger partial charge in [-0.2, -0.15) is 0 Å². The molecule has 0 aliphatic carbocycles. The standard InChI is InChI=1S/C12H24O3/c1-4-6-7-14-11-8-9(3)12(13)10(5-2)15-11/h9-13H,4-8H2,1-3H3/t9-,10-,11-,12-/m1/s1.